The molecule has 0 spiro atoms. The molecule has 3 rings (SSSR count). The zero-order valence-electron chi connectivity index (χ0n) is 14.3. The first-order chi connectivity index (χ1) is 12.6. The van der Waals surface area contributed by atoms with Crippen LogP contribution in [0, 0.1) is 6.92 Å². The van der Waals surface area contributed by atoms with E-state index < -0.39 is 0 Å². The summed E-state index contributed by atoms with van der Waals surface area (Å²) < 4.78 is 0. The monoisotopic (exact) mass is 360 g/mol. The SMILES string of the molecule is Cc1cc(C(=O)/C=C(/C(=O)c2ccccc2)c2ccccc2)ccc1Cl. The van der Waals surface area contributed by atoms with Crippen LogP contribution in [0.3, 0.4) is 0 Å². The number of carbonyl (C=O) groups is 2. The molecule has 0 saturated heterocycles. The topological polar surface area (TPSA) is 34.1 Å². The van der Waals surface area contributed by atoms with Crippen LogP contribution in [0.2, 0.25) is 5.02 Å². The first-order valence-electron chi connectivity index (χ1n) is 8.23. The number of rotatable bonds is 5. The van der Waals surface area contributed by atoms with Crippen LogP contribution in [0.15, 0.2) is 84.9 Å². The third-order valence-electron chi connectivity index (χ3n) is 4.08. The second kappa shape index (κ2) is 7.94. The lowest BCUT2D eigenvalue weighted by atomic mass is 9.94. The molecule has 0 amide bonds. The lowest BCUT2D eigenvalue weighted by molar-refractivity contribution is 0.102. The fourth-order valence-electron chi connectivity index (χ4n) is 2.66. The molecule has 3 aromatic carbocycles. The van der Waals surface area contributed by atoms with E-state index in [2.05, 4.69) is 0 Å². The fourth-order valence-corrected chi connectivity index (χ4v) is 2.77. The van der Waals surface area contributed by atoms with E-state index in [0.29, 0.717) is 27.3 Å². The van der Waals surface area contributed by atoms with E-state index in [1.165, 1.54) is 6.08 Å². The number of Topliss-reactive ketones (excluding diaryl/α,β-unsaturated/α-hetero) is 1. The minimum atomic E-state index is -0.229. The van der Waals surface area contributed by atoms with Gasteiger partial charge in [0, 0.05) is 21.7 Å². The van der Waals surface area contributed by atoms with Crippen molar-refractivity contribution in [3.05, 3.63) is 112 Å². The highest BCUT2D eigenvalue weighted by Gasteiger charge is 2.16. The number of hydrogen-bond donors (Lipinski definition) is 0. The van der Waals surface area contributed by atoms with E-state index in [4.69, 9.17) is 11.6 Å². The standard InChI is InChI=1S/C23H17ClO2/c1-16-14-19(12-13-21(16)24)22(25)15-20(17-8-4-2-5-9-17)23(26)18-10-6-3-7-11-18/h2-15H,1H3/b20-15+. The number of aryl methyl sites for hydroxylation is 1. The highest BCUT2D eigenvalue weighted by Crippen LogP contribution is 2.22. The van der Waals surface area contributed by atoms with Gasteiger partial charge in [-0.2, -0.15) is 0 Å². The molecular formula is C23H17ClO2. The highest BCUT2D eigenvalue weighted by atomic mass is 35.5. The lowest BCUT2D eigenvalue weighted by Crippen LogP contribution is -2.06. The molecule has 0 aliphatic rings. The van der Waals surface area contributed by atoms with Crippen molar-refractivity contribution in [3.63, 3.8) is 0 Å². The molecule has 3 aromatic rings. The van der Waals surface area contributed by atoms with Gasteiger partial charge in [-0.25, -0.2) is 0 Å². The molecule has 0 atom stereocenters. The lowest BCUT2D eigenvalue weighted by Gasteiger charge is -2.08. The van der Waals surface area contributed by atoms with Crippen molar-refractivity contribution in [2.75, 3.05) is 0 Å². The Morgan fingerprint density at radius 1 is 0.769 bits per heavy atom. The second-order valence-corrected chi connectivity index (χ2v) is 6.35. The van der Waals surface area contributed by atoms with Crippen LogP contribution in [0.4, 0.5) is 0 Å². The smallest absolute Gasteiger partial charge is 0.193 e. The number of carbonyl (C=O) groups excluding carboxylic acids is 2. The Bertz CT molecular complexity index is 974. The molecular weight excluding hydrogens is 344 g/mol. The summed E-state index contributed by atoms with van der Waals surface area (Å²) in [7, 11) is 0. The van der Waals surface area contributed by atoms with Crippen molar-refractivity contribution in [1.29, 1.82) is 0 Å². The van der Waals surface area contributed by atoms with Crippen molar-refractivity contribution in [2.45, 2.75) is 6.92 Å². The molecule has 0 heterocycles. The molecule has 2 nitrogen and oxygen atoms in total. The van der Waals surface area contributed by atoms with Gasteiger partial charge in [0.1, 0.15) is 0 Å². The summed E-state index contributed by atoms with van der Waals surface area (Å²) in [5, 5.41) is 0.606. The number of hydrogen-bond acceptors (Lipinski definition) is 2. The molecule has 0 N–H and O–H groups in total. The number of benzene rings is 3. The summed E-state index contributed by atoms with van der Waals surface area (Å²) in [6, 6.07) is 23.3. The van der Waals surface area contributed by atoms with E-state index in [1.807, 2.05) is 43.3 Å². The van der Waals surface area contributed by atoms with Gasteiger partial charge < -0.3 is 0 Å². The van der Waals surface area contributed by atoms with Gasteiger partial charge in [0.05, 0.1) is 0 Å². The van der Waals surface area contributed by atoms with Crippen molar-refractivity contribution in [2.24, 2.45) is 0 Å². The molecule has 0 fully saturated rings. The zero-order chi connectivity index (χ0) is 18.5. The van der Waals surface area contributed by atoms with Gasteiger partial charge in [-0.15, -0.1) is 0 Å². The normalized spacial score (nSPS) is 11.2. The van der Waals surface area contributed by atoms with Crippen LogP contribution in [-0.2, 0) is 0 Å². The first kappa shape index (κ1) is 17.8. The highest BCUT2D eigenvalue weighted by molar-refractivity contribution is 6.33. The average molecular weight is 361 g/mol. The first-order valence-corrected chi connectivity index (χ1v) is 8.61. The minimum Gasteiger partial charge on any atom is -0.289 e. The van der Waals surface area contributed by atoms with Gasteiger partial charge in [0.25, 0.3) is 0 Å². The van der Waals surface area contributed by atoms with Crippen LogP contribution in [0.25, 0.3) is 5.57 Å². The molecule has 3 heteroatoms. The van der Waals surface area contributed by atoms with E-state index in [-0.39, 0.29) is 11.6 Å². The summed E-state index contributed by atoms with van der Waals surface area (Å²) in [5.74, 6) is -0.413. The maximum Gasteiger partial charge on any atom is 0.193 e. The van der Waals surface area contributed by atoms with Gasteiger partial charge in [0.2, 0.25) is 0 Å². The maximum absolute atomic E-state index is 13.0. The molecule has 26 heavy (non-hydrogen) atoms. The predicted molar refractivity (Wildman–Crippen MR) is 106 cm³/mol. The Kier molecular flexibility index (Phi) is 5.45. The Balaban J connectivity index is 2.05. The molecule has 0 bridgehead atoms. The van der Waals surface area contributed by atoms with Crippen molar-refractivity contribution in [1.82, 2.24) is 0 Å². The average Bonchev–Trinajstić information content (AvgIpc) is 2.69. The quantitative estimate of drug-likeness (QED) is 0.425. The summed E-state index contributed by atoms with van der Waals surface area (Å²) in [6.45, 7) is 1.84. The third-order valence-corrected chi connectivity index (χ3v) is 4.51. The van der Waals surface area contributed by atoms with Gasteiger partial charge in [0.15, 0.2) is 11.6 Å². The molecule has 0 aliphatic carbocycles. The molecule has 0 saturated carbocycles. The van der Waals surface area contributed by atoms with Crippen molar-refractivity contribution in [3.8, 4) is 0 Å². The van der Waals surface area contributed by atoms with Crippen LogP contribution in [0.1, 0.15) is 31.8 Å². The minimum absolute atomic E-state index is 0.184. The Labute approximate surface area is 157 Å². The van der Waals surface area contributed by atoms with Gasteiger partial charge in [-0.3, -0.25) is 9.59 Å². The largest absolute Gasteiger partial charge is 0.289 e. The number of halogens is 1. The van der Waals surface area contributed by atoms with Gasteiger partial charge in [-0.1, -0.05) is 72.3 Å². The number of allylic oxidation sites excluding steroid dienone is 2. The molecule has 0 aromatic heterocycles. The Hall–Kier alpha value is -2.97. The third kappa shape index (κ3) is 3.98. The van der Waals surface area contributed by atoms with Crippen LogP contribution in [0.5, 0.6) is 0 Å². The summed E-state index contributed by atoms with van der Waals surface area (Å²) >= 11 is 6.04. The Morgan fingerprint density at radius 2 is 1.35 bits per heavy atom. The molecule has 0 aliphatic heterocycles. The maximum atomic E-state index is 13.0. The summed E-state index contributed by atoms with van der Waals surface area (Å²) in [6.07, 6.45) is 1.41. The van der Waals surface area contributed by atoms with E-state index >= 15 is 0 Å². The van der Waals surface area contributed by atoms with Crippen LogP contribution < -0.4 is 0 Å². The van der Waals surface area contributed by atoms with Gasteiger partial charge >= 0.3 is 0 Å². The van der Waals surface area contributed by atoms with E-state index in [0.717, 1.165) is 5.56 Å². The molecule has 0 unspecified atom stereocenters. The van der Waals surface area contributed by atoms with Crippen molar-refractivity contribution < 1.29 is 9.59 Å². The Morgan fingerprint density at radius 3 is 1.92 bits per heavy atom. The van der Waals surface area contributed by atoms with Crippen LogP contribution >= 0.6 is 11.6 Å². The molecule has 128 valence electrons. The summed E-state index contributed by atoms with van der Waals surface area (Å²) in [5.41, 5.74) is 2.94. The van der Waals surface area contributed by atoms with Crippen LogP contribution in [-0.4, -0.2) is 11.6 Å². The fraction of sp³-hybridized carbons (Fsp3) is 0.0435. The van der Waals surface area contributed by atoms with E-state index in [1.54, 1.807) is 42.5 Å². The molecule has 0 radical (unpaired) electrons. The summed E-state index contributed by atoms with van der Waals surface area (Å²) in [4.78, 5) is 25.7. The van der Waals surface area contributed by atoms with Gasteiger partial charge in [-0.05, 0) is 42.3 Å². The second-order valence-electron chi connectivity index (χ2n) is 5.95. The number of ketones is 2. The van der Waals surface area contributed by atoms with E-state index in [9.17, 15) is 9.59 Å². The predicted octanol–water partition coefficient (Wildman–Crippen LogP) is 5.80. The zero-order valence-corrected chi connectivity index (χ0v) is 15.0. The van der Waals surface area contributed by atoms with Crippen molar-refractivity contribution >= 4 is 28.7 Å².